The fourth-order valence-electron chi connectivity index (χ4n) is 5.39. The highest BCUT2D eigenvalue weighted by Gasteiger charge is 2.44. The molecule has 1 aromatic heterocycles. The first kappa shape index (κ1) is 27.0. The lowest BCUT2D eigenvalue weighted by atomic mass is 9.95. The molecule has 0 radical (unpaired) electrons. The monoisotopic (exact) mass is 539 g/mol. The van der Waals surface area contributed by atoms with E-state index in [1.807, 2.05) is 91.7 Å². The summed E-state index contributed by atoms with van der Waals surface area (Å²) in [5.41, 5.74) is 2.04. The summed E-state index contributed by atoms with van der Waals surface area (Å²) in [6.45, 7) is 3.74. The quantitative estimate of drug-likeness (QED) is 0.327. The number of para-hydroxylation sites is 1. The van der Waals surface area contributed by atoms with E-state index < -0.39 is 17.6 Å². The normalized spacial score (nSPS) is 15.7. The third-order valence-corrected chi connectivity index (χ3v) is 7.13. The van der Waals surface area contributed by atoms with Crippen molar-refractivity contribution in [2.75, 3.05) is 11.6 Å². The molecule has 1 aliphatic rings. The molecule has 0 saturated heterocycles. The van der Waals surface area contributed by atoms with Gasteiger partial charge in [0.15, 0.2) is 11.4 Å². The number of aliphatic hydroxyl groups excluding tert-OH is 1. The van der Waals surface area contributed by atoms with Gasteiger partial charge < -0.3 is 19.8 Å². The minimum absolute atomic E-state index is 0.0430. The van der Waals surface area contributed by atoms with Crippen LogP contribution in [0.15, 0.2) is 102 Å². The van der Waals surface area contributed by atoms with Gasteiger partial charge in [-0.3, -0.25) is 19.3 Å². The second kappa shape index (κ2) is 11.7. The van der Waals surface area contributed by atoms with Crippen molar-refractivity contribution in [3.8, 4) is 11.5 Å². The Hall–Kier alpha value is -4.56. The van der Waals surface area contributed by atoms with E-state index in [-0.39, 0.29) is 48.8 Å². The number of carbonyl (C=O) groups is 1. The Bertz CT molecular complexity index is 1520. The van der Waals surface area contributed by atoms with Crippen LogP contribution in [0.1, 0.15) is 53.5 Å². The Balaban J connectivity index is 1.76. The van der Waals surface area contributed by atoms with Crippen molar-refractivity contribution in [2.45, 2.75) is 45.1 Å². The lowest BCUT2D eigenvalue weighted by molar-refractivity contribution is 0.0411. The van der Waals surface area contributed by atoms with Crippen LogP contribution in [0.25, 0.3) is 0 Å². The fourth-order valence-corrected chi connectivity index (χ4v) is 5.39. The summed E-state index contributed by atoms with van der Waals surface area (Å²) < 4.78 is 7.73. The van der Waals surface area contributed by atoms with Crippen LogP contribution in [0.4, 0.5) is 0 Å². The second-order valence-corrected chi connectivity index (χ2v) is 10.0. The zero-order chi connectivity index (χ0) is 28.2. The first-order valence-electron chi connectivity index (χ1n) is 13.4. The van der Waals surface area contributed by atoms with E-state index in [0.717, 1.165) is 11.1 Å². The zero-order valence-electron chi connectivity index (χ0n) is 22.6. The summed E-state index contributed by atoms with van der Waals surface area (Å²) >= 11 is 0. The molecule has 1 aliphatic heterocycles. The van der Waals surface area contributed by atoms with Gasteiger partial charge in [0.2, 0.25) is 5.43 Å². The van der Waals surface area contributed by atoms with Crippen LogP contribution in [0.5, 0.6) is 11.5 Å². The number of nitrogens with zero attached hydrogens (tertiary/aromatic N) is 3. The number of carbonyl (C=O) groups excluding carboxylic acids is 1. The summed E-state index contributed by atoms with van der Waals surface area (Å²) in [5.74, 6) is -0.316. The molecule has 0 aliphatic carbocycles. The van der Waals surface area contributed by atoms with Gasteiger partial charge in [-0.05, 0) is 31.0 Å². The van der Waals surface area contributed by atoms with Gasteiger partial charge in [0.25, 0.3) is 5.91 Å². The first-order chi connectivity index (χ1) is 19.4. The maximum atomic E-state index is 14.2. The molecule has 2 atom stereocenters. The Kier molecular flexibility index (Phi) is 7.89. The number of rotatable bonds is 9. The number of amides is 1. The van der Waals surface area contributed by atoms with Gasteiger partial charge in [0.05, 0.1) is 0 Å². The van der Waals surface area contributed by atoms with Crippen molar-refractivity contribution in [3.05, 3.63) is 130 Å². The van der Waals surface area contributed by atoms with Crippen molar-refractivity contribution < 1.29 is 19.7 Å². The van der Waals surface area contributed by atoms with Crippen LogP contribution in [0, 0.1) is 0 Å². The van der Waals surface area contributed by atoms with Crippen LogP contribution in [0.2, 0.25) is 0 Å². The summed E-state index contributed by atoms with van der Waals surface area (Å²) in [7, 11) is 0. The Morgan fingerprint density at radius 1 is 0.875 bits per heavy atom. The number of aromatic hydroxyl groups is 1. The predicted molar refractivity (Wildman–Crippen MR) is 153 cm³/mol. The smallest absolute Gasteiger partial charge is 0.278 e. The molecule has 4 aromatic rings. The highest BCUT2D eigenvalue weighted by atomic mass is 16.5. The van der Waals surface area contributed by atoms with Crippen molar-refractivity contribution in [2.24, 2.45) is 0 Å². The number of ether oxygens (including phenoxy) is 1. The van der Waals surface area contributed by atoms with Crippen molar-refractivity contribution in [1.82, 2.24) is 9.58 Å². The minimum atomic E-state index is -0.598. The summed E-state index contributed by atoms with van der Waals surface area (Å²) in [6.07, 6.45) is 1.22. The molecule has 2 unspecified atom stereocenters. The van der Waals surface area contributed by atoms with E-state index in [9.17, 15) is 19.8 Å². The van der Waals surface area contributed by atoms with Crippen LogP contribution in [-0.4, -0.2) is 44.5 Å². The van der Waals surface area contributed by atoms with Gasteiger partial charge in [-0.15, -0.1) is 0 Å². The van der Waals surface area contributed by atoms with Crippen LogP contribution in [-0.2, 0) is 6.61 Å². The Morgan fingerprint density at radius 3 is 2.17 bits per heavy atom. The van der Waals surface area contributed by atoms with Crippen LogP contribution < -0.4 is 15.2 Å². The average molecular weight is 540 g/mol. The lowest BCUT2D eigenvalue weighted by Crippen LogP contribution is -2.64. The molecule has 206 valence electrons. The van der Waals surface area contributed by atoms with E-state index in [0.29, 0.717) is 5.56 Å². The molecule has 2 heterocycles. The molecule has 5 rings (SSSR count). The largest absolute Gasteiger partial charge is 0.508 e. The number of fused-ring (bicyclic) bond motifs is 1. The SMILES string of the molecule is CC(C)N1C(=O)c2c(OCc3ccccc3)c(=O)ccn2N(C(c2ccccc2)c2ccccc2O)C1CCO. The lowest BCUT2D eigenvalue weighted by Gasteiger charge is -2.51. The highest BCUT2D eigenvalue weighted by molar-refractivity contribution is 5.97. The molecule has 40 heavy (non-hydrogen) atoms. The highest BCUT2D eigenvalue weighted by Crippen LogP contribution is 2.39. The van der Waals surface area contributed by atoms with E-state index >= 15 is 0 Å². The number of aromatic nitrogens is 1. The summed E-state index contributed by atoms with van der Waals surface area (Å²) in [5, 5.41) is 23.1. The number of benzene rings is 3. The molecule has 2 N–H and O–H groups in total. The number of pyridine rings is 1. The maximum absolute atomic E-state index is 14.2. The number of phenolic OH excluding ortho intramolecular Hbond substituents is 1. The molecule has 0 bridgehead atoms. The summed E-state index contributed by atoms with van der Waals surface area (Å²) in [4.78, 5) is 29.0. The molecule has 8 heteroatoms. The second-order valence-electron chi connectivity index (χ2n) is 10.0. The van der Waals surface area contributed by atoms with Crippen molar-refractivity contribution >= 4 is 5.91 Å². The molecule has 8 nitrogen and oxygen atoms in total. The van der Waals surface area contributed by atoms with Gasteiger partial charge in [0, 0.05) is 36.9 Å². The van der Waals surface area contributed by atoms with Crippen molar-refractivity contribution in [3.63, 3.8) is 0 Å². The van der Waals surface area contributed by atoms with E-state index in [4.69, 9.17) is 4.74 Å². The zero-order valence-corrected chi connectivity index (χ0v) is 22.6. The molecule has 0 fully saturated rings. The van der Waals surface area contributed by atoms with Gasteiger partial charge >= 0.3 is 0 Å². The molecule has 1 amide bonds. The van der Waals surface area contributed by atoms with E-state index in [2.05, 4.69) is 0 Å². The predicted octanol–water partition coefficient (Wildman–Crippen LogP) is 4.43. The molecular formula is C32H33N3O5. The number of phenols is 1. The topological polar surface area (TPSA) is 95.2 Å². The van der Waals surface area contributed by atoms with Gasteiger partial charge in [-0.1, -0.05) is 78.9 Å². The fraction of sp³-hybridized carbons (Fsp3) is 0.250. The number of aliphatic hydroxyl groups is 1. The third-order valence-electron chi connectivity index (χ3n) is 7.13. The van der Waals surface area contributed by atoms with Gasteiger partial charge in [-0.25, -0.2) is 0 Å². The molecular weight excluding hydrogens is 506 g/mol. The standard InChI is InChI=1S/C32H33N3O5/c1-22(2)34-28(18-20-36)35(29(24-13-7-4-8-14-24)25-15-9-10-16-26(25)37)33-19-17-27(38)31(30(33)32(34)39)40-21-23-11-5-3-6-12-23/h3-17,19,22,28-29,36-37H,18,20-21H2,1-2H3. The molecule has 0 spiro atoms. The molecule has 3 aromatic carbocycles. The van der Waals surface area contributed by atoms with E-state index in [1.54, 1.807) is 27.9 Å². The van der Waals surface area contributed by atoms with E-state index in [1.165, 1.54) is 6.07 Å². The first-order valence-corrected chi connectivity index (χ1v) is 13.4. The number of hydrogen-bond acceptors (Lipinski definition) is 6. The van der Waals surface area contributed by atoms with Crippen LogP contribution >= 0.6 is 0 Å². The summed E-state index contributed by atoms with van der Waals surface area (Å²) in [6, 6.07) is 26.7. The van der Waals surface area contributed by atoms with Crippen molar-refractivity contribution in [1.29, 1.82) is 0 Å². The third kappa shape index (κ3) is 5.05. The Morgan fingerprint density at radius 2 is 1.52 bits per heavy atom. The minimum Gasteiger partial charge on any atom is -0.508 e. The van der Waals surface area contributed by atoms with Gasteiger partial charge in [0.1, 0.15) is 24.6 Å². The molecule has 0 saturated carbocycles. The van der Waals surface area contributed by atoms with Crippen LogP contribution in [0.3, 0.4) is 0 Å². The maximum Gasteiger partial charge on any atom is 0.278 e. The number of hydrogen-bond donors (Lipinski definition) is 2. The van der Waals surface area contributed by atoms with Gasteiger partial charge in [-0.2, -0.15) is 0 Å². The Labute approximate surface area is 233 Å². The average Bonchev–Trinajstić information content (AvgIpc) is 2.96.